The minimum atomic E-state index is -1.23. The van der Waals surface area contributed by atoms with Gasteiger partial charge in [0, 0.05) is 5.69 Å². The third-order valence-corrected chi connectivity index (χ3v) is 2.14. The first-order valence-electron chi connectivity index (χ1n) is 4.23. The van der Waals surface area contributed by atoms with Gasteiger partial charge in [0.15, 0.2) is 6.21 Å². The Morgan fingerprint density at radius 3 is 3.00 bits per heavy atom. The molecule has 0 amide bonds. The van der Waals surface area contributed by atoms with Gasteiger partial charge in [-0.15, -0.1) is 0 Å². The van der Waals surface area contributed by atoms with E-state index in [1.165, 1.54) is 6.21 Å². The van der Waals surface area contributed by atoms with Crippen LogP contribution >= 0.6 is 0 Å². The van der Waals surface area contributed by atoms with Crippen molar-refractivity contribution in [3.8, 4) is 0 Å². The third kappa shape index (κ3) is 1.27. The van der Waals surface area contributed by atoms with E-state index in [1.807, 2.05) is 13.0 Å². The highest BCUT2D eigenvalue weighted by atomic mass is 16.5. The summed E-state index contributed by atoms with van der Waals surface area (Å²) in [6.45, 7) is 1.90. The average molecular weight is 193 g/mol. The number of aryl methyl sites for hydroxylation is 1. The van der Waals surface area contributed by atoms with E-state index < -0.39 is 6.35 Å². The van der Waals surface area contributed by atoms with Crippen molar-refractivity contribution in [2.45, 2.75) is 13.3 Å². The molecule has 0 aliphatic carbocycles. The zero-order chi connectivity index (χ0) is 10.3. The fourth-order valence-corrected chi connectivity index (χ4v) is 1.49. The van der Waals surface area contributed by atoms with E-state index in [9.17, 15) is 10.3 Å². The molecule has 0 aromatic heterocycles. The number of nitrogens with two attached hydrogens (primary N) is 1. The fourth-order valence-electron chi connectivity index (χ4n) is 1.49. The van der Waals surface area contributed by atoms with Crippen molar-refractivity contribution >= 4 is 17.6 Å². The standard InChI is InChI=1S/C9H11N3O2/c1-5-2-7(10)6-4-12(14)9(13)11-8(6)3-5/h2-4,9,11,13H,10H2,1H3. The number of rotatable bonds is 0. The molecule has 1 unspecified atom stereocenters. The Labute approximate surface area is 81.1 Å². The molecule has 74 valence electrons. The molecular formula is C9H11N3O2. The quantitative estimate of drug-likeness (QED) is 0.312. The highest BCUT2D eigenvalue weighted by Crippen LogP contribution is 2.25. The van der Waals surface area contributed by atoms with Gasteiger partial charge in [-0.05, 0) is 24.6 Å². The zero-order valence-corrected chi connectivity index (χ0v) is 7.69. The van der Waals surface area contributed by atoms with E-state index in [0.29, 0.717) is 21.7 Å². The molecule has 1 aliphatic heterocycles. The molecule has 0 saturated carbocycles. The van der Waals surface area contributed by atoms with Gasteiger partial charge in [-0.1, -0.05) is 0 Å². The highest BCUT2D eigenvalue weighted by molar-refractivity contribution is 5.93. The van der Waals surface area contributed by atoms with Crippen LogP contribution in [0, 0.1) is 12.1 Å². The molecule has 1 heterocycles. The Morgan fingerprint density at radius 1 is 1.57 bits per heavy atom. The number of aliphatic hydroxyl groups is 1. The molecule has 14 heavy (non-hydrogen) atoms. The van der Waals surface area contributed by atoms with Gasteiger partial charge in [0.2, 0.25) is 0 Å². The topological polar surface area (TPSA) is 84.3 Å². The lowest BCUT2D eigenvalue weighted by Gasteiger charge is -2.21. The lowest BCUT2D eigenvalue weighted by molar-refractivity contribution is -0.539. The Balaban J connectivity index is 2.59. The number of aliphatic hydroxyl groups excluding tert-OH is 1. The summed E-state index contributed by atoms with van der Waals surface area (Å²) in [5.41, 5.74) is 8.54. The summed E-state index contributed by atoms with van der Waals surface area (Å²) in [5.74, 6) is 0. The van der Waals surface area contributed by atoms with Crippen molar-refractivity contribution in [3.05, 3.63) is 28.5 Å². The summed E-state index contributed by atoms with van der Waals surface area (Å²) in [7, 11) is 0. The molecular weight excluding hydrogens is 182 g/mol. The van der Waals surface area contributed by atoms with E-state index in [0.717, 1.165) is 5.56 Å². The van der Waals surface area contributed by atoms with Crippen LogP contribution in [0.25, 0.3) is 0 Å². The summed E-state index contributed by atoms with van der Waals surface area (Å²) >= 11 is 0. The Morgan fingerprint density at radius 2 is 2.29 bits per heavy atom. The number of hydrogen-bond acceptors (Lipinski definition) is 4. The maximum atomic E-state index is 11.1. The summed E-state index contributed by atoms with van der Waals surface area (Å²) < 4.78 is 0.425. The van der Waals surface area contributed by atoms with Crippen LogP contribution in [0.5, 0.6) is 0 Å². The molecule has 1 atom stereocenters. The van der Waals surface area contributed by atoms with Gasteiger partial charge in [0.05, 0.1) is 11.3 Å². The number of hydroxylamine groups is 1. The summed E-state index contributed by atoms with van der Waals surface area (Å²) in [4.78, 5) is 0. The van der Waals surface area contributed by atoms with Gasteiger partial charge >= 0.3 is 6.35 Å². The normalized spacial score (nSPS) is 19.6. The van der Waals surface area contributed by atoms with Crippen molar-refractivity contribution in [1.82, 2.24) is 0 Å². The van der Waals surface area contributed by atoms with Crippen LogP contribution in [0.15, 0.2) is 12.1 Å². The highest BCUT2D eigenvalue weighted by Gasteiger charge is 2.21. The van der Waals surface area contributed by atoms with E-state index in [-0.39, 0.29) is 0 Å². The molecule has 0 spiro atoms. The Bertz CT molecular complexity index is 415. The van der Waals surface area contributed by atoms with Gasteiger partial charge < -0.3 is 21.4 Å². The van der Waals surface area contributed by atoms with E-state index >= 15 is 0 Å². The van der Waals surface area contributed by atoms with Crippen LogP contribution in [0.2, 0.25) is 0 Å². The molecule has 1 aliphatic rings. The van der Waals surface area contributed by atoms with E-state index in [1.54, 1.807) is 6.07 Å². The lowest BCUT2D eigenvalue weighted by atomic mass is 10.1. The maximum Gasteiger partial charge on any atom is 0.348 e. The Hall–Kier alpha value is -1.75. The second-order valence-corrected chi connectivity index (χ2v) is 3.32. The Kier molecular flexibility index (Phi) is 1.82. The average Bonchev–Trinajstić information content (AvgIpc) is 2.08. The molecule has 0 radical (unpaired) electrons. The lowest BCUT2D eigenvalue weighted by Crippen LogP contribution is -2.34. The second kappa shape index (κ2) is 2.88. The van der Waals surface area contributed by atoms with Crippen molar-refractivity contribution in [1.29, 1.82) is 0 Å². The maximum absolute atomic E-state index is 11.1. The molecule has 0 bridgehead atoms. The summed E-state index contributed by atoms with van der Waals surface area (Å²) in [6, 6.07) is 3.61. The smallest absolute Gasteiger partial charge is 0.348 e. The van der Waals surface area contributed by atoms with E-state index in [2.05, 4.69) is 5.32 Å². The van der Waals surface area contributed by atoms with Crippen LogP contribution in [-0.4, -0.2) is 22.4 Å². The molecule has 0 fully saturated rings. The van der Waals surface area contributed by atoms with Crippen LogP contribution in [-0.2, 0) is 0 Å². The van der Waals surface area contributed by atoms with Crippen LogP contribution in [0.1, 0.15) is 11.1 Å². The van der Waals surface area contributed by atoms with Gasteiger partial charge in [0.25, 0.3) is 0 Å². The first kappa shape index (κ1) is 8.83. The molecule has 0 saturated heterocycles. The number of fused-ring (bicyclic) bond motifs is 1. The fraction of sp³-hybridized carbons (Fsp3) is 0.222. The number of nitrogens with one attached hydrogen (secondary N) is 1. The second-order valence-electron chi connectivity index (χ2n) is 3.32. The molecule has 1 aromatic rings. The molecule has 5 heteroatoms. The largest absolute Gasteiger partial charge is 0.620 e. The van der Waals surface area contributed by atoms with Gasteiger partial charge in [-0.3, -0.25) is 0 Å². The first-order chi connectivity index (χ1) is 6.58. The van der Waals surface area contributed by atoms with Crippen LogP contribution in [0.3, 0.4) is 0 Å². The zero-order valence-electron chi connectivity index (χ0n) is 7.69. The van der Waals surface area contributed by atoms with Gasteiger partial charge in [-0.2, -0.15) is 4.74 Å². The molecule has 1 aromatic carbocycles. The first-order valence-corrected chi connectivity index (χ1v) is 4.23. The number of hydrogen-bond donors (Lipinski definition) is 3. The molecule has 4 N–H and O–H groups in total. The molecule has 5 nitrogen and oxygen atoms in total. The SMILES string of the molecule is Cc1cc(N)c2c(c1)NC(O)[N+]([O-])=C2. The van der Waals surface area contributed by atoms with Crippen LogP contribution < -0.4 is 11.1 Å². The predicted molar refractivity (Wildman–Crippen MR) is 54.0 cm³/mol. The minimum Gasteiger partial charge on any atom is -0.620 e. The van der Waals surface area contributed by atoms with E-state index in [4.69, 9.17) is 5.73 Å². The predicted octanol–water partition coefficient (Wildman–Crippen LogP) is 0.208. The summed E-state index contributed by atoms with van der Waals surface area (Å²) in [6.07, 6.45) is 0.0503. The van der Waals surface area contributed by atoms with Gasteiger partial charge in [-0.25, -0.2) is 0 Å². The van der Waals surface area contributed by atoms with Crippen molar-refractivity contribution in [2.75, 3.05) is 11.1 Å². The number of anilines is 2. The number of nitrogens with zero attached hydrogens (tertiary/aromatic N) is 1. The van der Waals surface area contributed by atoms with Crippen molar-refractivity contribution in [2.24, 2.45) is 0 Å². The van der Waals surface area contributed by atoms with Crippen LogP contribution in [0.4, 0.5) is 11.4 Å². The minimum absolute atomic E-state index is 0.425. The third-order valence-electron chi connectivity index (χ3n) is 2.14. The van der Waals surface area contributed by atoms with Gasteiger partial charge in [0.1, 0.15) is 0 Å². The monoisotopic (exact) mass is 193 g/mol. The van der Waals surface area contributed by atoms with Crippen molar-refractivity contribution in [3.63, 3.8) is 0 Å². The molecule has 2 rings (SSSR count). The summed E-state index contributed by atoms with van der Waals surface area (Å²) in [5, 5.41) is 23.0. The number of nitrogen functional groups attached to an aromatic ring is 1. The van der Waals surface area contributed by atoms with Crippen molar-refractivity contribution < 1.29 is 9.85 Å². The number of benzene rings is 1.